The lowest BCUT2D eigenvalue weighted by atomic mass is 9.92. The minimum absolute atomic E-state index is 0.670. The topological polar surface area (TPSA) is 43.9 Å². The maximum Gasteiger partial charge on any atom is 0.160 e. The summed E-state index contributed by atoms with van der Waals surface area (Å²) < 4.78 is 11.4. The standard InChI is InChI=1S/C58H35N3OS/c1-5-17-36(18-6-1)45-33-40(58-59-47(38-21-9-3-10-22-38)35-48(60-58)39-23-11-4-12-24-39)34-46(37-19-7-2-8-20-37)55(45)61-49-27-15-13-25-43(49)53-50(61)31-29-41-42-30-32-52-54(57(42)63-56(41)53)44-26-14-16-28-51(44)62-52/h1-35H. The van der Waals surface area contributed by atoms with Crippen molar-refractivity contribution in [3.8, 4) is 61.8 Å². The van der Waals surface area contributed by atoms with Crippen LogP contribution in [-0.4, -0.2) is 14.5 Å². The molecular formula is C58H35N3OS. The molecular weight excluding hydrogens is 787 g/mol. The summed E-state index contributed by atoms with van der Waals surface area (Å²) in [7, 11) is 0. The first-order chi connectivity index (χ1) is 31.2. The van der Waals surface area contributed by atoms with E-state index in [-0.39, 0.29) is 0 Å². The summed E-state index contributed by atoms with van der Waals surface area (Å²) in [5.41, 5.74) is 14.4. The highest BCUT2D eigenvalue weighted by atomic mass is 32.1. The summed E-state index contributed by atoms with van der Waals surface area (Å²) in [6, 6.07) is 75.3. The van der Waals surface area contributed by atoms with Crippen molar-refractivity contribution in [3.05, 3.63) is 212 Å². The highest BCUT2D eigenvalue weighted by Crippen LogP contribution is 2.49. The van der Waals surface area contributed by atoms with Gasteiger partial charge in [0.15, 0.2) is 5.82 Å². The molecule has 0 aliphatic rings. The van der Waals surface area contributed by atoms with Gasteiger partial charge in [0.25, 0.3) is 0 Å². The van der Waals surface area contributed by atoms with Crippen molar-refractivity contribution in [2.24, 2.45) is 0 Å². The number of furan rings is 1. The number of para-hydroxylation sites is 2. The third kappa shape index (κ3) is 5.67. The summed E-state index contributed by atoms with van der Waals surface area (Å²) >= 11 is 1.87. The fraction of sp³-hybridized carbons (Fsp3) is 0. The number of rotatable bonds is 6. The zero-order valence-electron chi connectivity index (χ0n) is 33.9. The van der Waals surface area contributed by atoms with Crippen molar-refractivity contribution in [3.63, 3.8) is 0 Å². The zero-order chi connectivity index (χ0) is 41.4. The third-order valence-corrected chi connectivity index (χ3v) is 13.7. The van der Waals surface area contributed by atoms with Crippen LogP contribution >= 0.6 is 11.3 Å². The molecule has 0 bridgehead atoms. The summed E-state index contributed by atoms with van der Waals surface area (Å²) in [5.74, 6) is 0.670. The second-order valence-electron chi connectivity index (χ2n) is 16.1. The minimum atomic E-state index is 0.670. The van der Waals surface area contributed by atoms with Gasteiger partial charge >= 0.3 is 0 Å². The predicted molar refractivity (Wildman–Crippen MR) is 264 cm³/mol. The maximum atomic E-state index is 6.38. The molecule has 4 aromatic heterocycles. The Morgan fingerprint density at radius 2 is 0.873 bits per heavy atom. The smallest absolute Gasteiger partial charge is 0.160 e. The lowest BCUT2D eigenvalue weighted by Crippen LogP contribution is -2.03. The predicted octanol–water partition coefficient (Wildman–Crippen LogP) is 16.2. The summed E-state index contributed by atoms with van der Waals surface area (Å²) in [5, 5.41) is 7.30. The molecule has 4 heterocycles. The van der Waals surface area contributed by atoms with E-state index in [2.05, 4.69) is 199 Å². The first-order valence-electron chi connectivity index (χ1n) is 21.2. The van der Waals surface area contributed by atoms with Crippen LogP contribution in [0.4, 0.5) is 0 Å². The van der Waals surface area contributed by atoms with E-state index in [0.717, 1.165) is 83.6 Å². The number of benzene rings is 9. The Morgan fingerprint density at radius 1 is 0.365 bits per heavy atom. The Bertz CT molecular complexity index is 3770. The highest BCUT2D eigenvalue weighted by molar-refractivity contribution is 7.27. The molecule has 63 heavy (non-hydrogen) atoms. The number of hydrogen-bond donors (Lipinski definition) is 0. The highest BCUT2D eigenvalue weighted by Gasteiger charge is 2.25. The lowest BCUT2D eigenvalue weighted by molar-refractivity contribution is 0.669. The first-order valence-corrected chi connectivity index (χ1v) is 22.0. The third-order valence-electron chi connectivity index (χ3n) is 12.4. The van der Waals surface area contributed by atoms with Gasteiger partial charge in [0.1, 0.15) is 11.2 Å². The van der Waals surface area contributed by atoms with Gasteiger partial charge in [-0.05, 0) is 59.7 Å². The molecule has 4 nitrogen and oxygen atoms in total. The molecule has 9 aromatic carbocycles. The number of nitrogens with zero attached hydrogens (tertiary/aromatic N) is 3. The monoisotopic (exact) mass is 821 g/mol. The van der Waals surface area contributed by atoms with Crippen LogP contribution in [0.15, 0.2) is 217 Å². The zero-order valence-corrected chi connectivity index (χ0v) is 34.7. The molecule has 0 unspecified atom stereocenters. The van der Waals surface area contributed by atoms with E-state index < -0.39 is 0 Å². The van der Waals surface area contributed by atoms with Gasteiger partial charge < -0.3 is 8.98 Å². The van der Waals surface area contributed by atoms with Gasteiger partial charge in [0.05, 0.1) is 28.1 Å². The number of fused-ring (bicyclic) bond motifs is 11. The van der Waals surface area contributed by atoms with Crippen LogP contribution in [0, 0.1) is 0 Å². The van der Waals surface area contributed by atoms with E-state index in [9.17, 15) is 0 Å². The Balaban J connectivity index is 1.14. The van der Waals surface area contributed by atoms with E-state index in [4.69, 9.17) is 14.4 Å². The molecule has 5 heteroatoms. The molecule has 0 spiro atoms. The minimum Gasteiger partial charge on any atom is -0.456 e. The van der Waals surface area contributed by atoms with Crippen LogP contribution in [0.3, 0.4) is 0 Å². The van der Waals surface area contributed by atoms with Crippen LogP contribution < -0.4 is 0 Å². The Kier molecular flexibility index (Phi) is 8.05. The van der Waals surface area contributed by atoms with Crippen LogP contribution in [0.2, 0.25) is 0 Å². The molecule has 0 atom stereocenters. The molecule has 0 fully saturated rings. The van der Waals surface area contributed by atoms with E-state index in [1.807, 2.05) is 29.5 Å². The Hall–Kier alpha value is -8.12. The van der Waals surface area contributed by atoms with Gasteiger partial charge in [-0.3, -0.25) is 0 Å². The van der Waals surface area contributed by atoms with Gasteiger partial charge in [-0.1, -0.05) is 164 Å². The van der Waals surface area contributed by atoms with Crippen molar-refractivity contribution in [1.82, 2.24) is 14.5 Å². The molecule has 13 rings (SSSR count). The van der Waals surface area contributed by atoms with Gasteiger partial charge in [-0.15, -0.1) is 11.3 Å². The van der Waals surface area contributed by atoms with Crippen LogP contribution in [-0.2, 0) is 0 Å². The van der Waals surface area contributed by atoms with E-state index >= 15 is 0 Å². The average Bonchev–Trinajstić information content (AvgIpc) is 4.04. The van der Waals surface area contributed by atoms with E-state index in [0.29, 0.717) is 5.82 Å². The fourth-order valence-corrected chi connectivity index (χ4v) is 11.0. The second kappa shape index (κ2) is 14.2. The SMILES string of the molecule is c1ccc(-c2cc(-c3ccccc3)nc(-c3cc(-c4ccccc4)c(-n4c5ccccc5c5c6sc7c(ccc8oc9ccccc9c87)c6ccc54)c(-c4ccccc4)c3)n2)cc1. The van der Waals surface area contributed by atoms with Crippen molar-refractivity contribution in [2.45, 2.75) is 0 Å². The first kappa shape index (κ1) is 35.6. The van der Waals surface area contributed by atoms with Gasteiger partial charge in [0.2, 0.25) is 0 Å². The van der Waals surface area contributed by atoms with Crippen LogP contribution in [0.25, 0.3) is 126 Å². The largest absolute Gasteiger partial charge is 0.456 e. The fourth-order valence-electron chi connectivity index (χ4n) is 9.56. The van der Waals surface area contributed by atoms with E-state index in [1.54, 1.807) is 0 Å². The molecule has 0 aliphatic heterocycles. The molecule has 0 saturated carbocycles. The van der Waals surface area contributed by atoms with Crippen molar-refractivity contribution in [2.75, 3.05) is 0 Å². The Morgan fingerprint density at radius 3 is 1.49 bits per heavy atom. The summed E-state index contributed by atoms with van der Waals surface area (Å²) in [4.78, 5) is 10.7. The number of hydrogen-bond acceptors (Lipinski definition) is 4. The molecule has 0 aliphatic carbocycles. The van der Waals surface area contributed by atoms with Gasteiger partial charge in [0, 0.05) is 69.5 Å². The number of thiophene rings is 1. The van der Waals surface area contributed by atoms with E-state index in [1.165, 1.54) is 36.3 Å². The van der Waals surface area contributed by atoms with Gasteiger partial charge in [-0.25, -0.2) is 9.97 Å². The van der Waals surface area contributed by atoms with Crippen molar-refractivity contribution >= 4 is 75.3 Å². The van der Waals surface area contributed by atoms with Crippen molar-refractivity contribution < 1.29 is 4.42 Å². The molecule has 0 N–H and O–H groups in total. The molecule has 13 aromatic rings. The summed E-state index contributed by atoms with van der Waals surface area (Å²) in [6.07, 6.45) is 0. The molecule has 0 saturated heterocycles. The van der Waals surface area contributed by atoms with Crippen LogP contribution in [0.5, 0.6) is 0 Å². The van der Waals surface area contributed by atoms with Gasteiger partial charge in [-0.2, -0.15) is 0 Å². The number of aromatic nitrogens is 3. The normalized spacial score (nSPS) is 11.8. The average molecular weight is 822 g/mol. The lowest BCUT2D eigenvalue weighted by Gasteiger charge is -2.21. The second-order valence-corrected chi connectivity index (χ2v) is 17.1. The molecule has 294 valence electrons. The summed E-state index contributed by atoms with van der Waals surface area (Å²) in [6.45, 7) is 0. The van der Waals surface area contributed by atoms with Crippen LogP contribution in [0.1, 0.15) is 0 Å². The van der Waals surface area contributed by atoms with Crippen molar-refractivity contribution in [1.29, 1.82) is 0 Å². The quantitative estimate of drug-likeness (QED) is 0.168. The maximum absolute atomic E-state index is 6.38. The molecule has 0 amide bonds. The molecule has 0 radical (unpaired) electrons. The Labute approximate surface area is 366 Å².